The van der Waals surface area contributed by atoms with Gasteiger partial charge in [0, 0.05) is 13.1 Å². The van der Waals surface area contributed by atoms with Crippen molar-refractivity contribution >= 4 is 15.9 Å². The van der Waals surface area contributed by atoms with Crippen LogP contribution in [-0.2, 0) is 27.8 Å². The summed E-state index contributed by atoms with van der Waals surface area (Å²) < 4.78 is 22.4. The number of amides is 1. The fourth-order valence-electron chi connectivity index (χ4n) is 2.40. The molecule has 134 valence electrons. The van der Waals surface area contributed by atoms with E-state index in [9.17, 15) is 13.2 Å². The molecular weight excluding hydrogens is 338 g/mol. The standard InChI is InChI=1S/C18H23N3O3S/c1-14-3-2-4-16(11-14)12-20-13-18(22)21-10-9-15-5-7-17(8-6-15)25(19,23)24/h2-8,11,20H,9-10,12-13H2,1H3,(H,21,22)(H2,19,23,24). The molecule has 0 aliphatic carbocycles. The Morgan fingerprint density at radius 1 is 1.08 bits per heavy atom. The zero-order chi connectivity index (χ0) is 18.3. The van der Waals surface area contributed by atoms with Crippen molar-refractivity contribution in [1.82, 2.24) is 10.6 Å². The van der Waals surface area contributed by atoms with Crippen molar-refractivity contribution in [3.63, 3.8) is 0 Å². The summed E-state index contributed by atoms with van der Waals surface area (Å²) in [6.45, 7) is 3.41. The lowest BCUT2D eigenvalue weighted by Crippen LogP contribution is -2.34. The van der Waals surface area contributed by atoms with Crippen molar-refractivity contribution in [2.45, 2.75) is 24.8 Å². The first kappa shape index (κ1) is 19.1. The number of primary sulfonamides is 1. The monoisotopic (exact) mass is 361 g/mol. The zero-order valence-electron chi connectivity index (χ0n) is 14.2. The van der Waals surface area contributed by atoms with Gasteiger partial charge in [-0.3, -0.25) is 4.79 Å². The Bertz CT molecular complexity index is 818. The van der Waals surface area contributed by atoms with Crippen LogP contribution in [0.5, 0.6) is 0 Å². The number of rotatable bonds is 8. The minimum absolute atomic E-state index is 0.0752. The molecule has 0 heterocycles. The van der Waals surface area contributed by atoms with Crippen LogP contribution in [0, 0.1) is 6.92 Å². The molecule has 2 rings (SSSR count). The summed E-state index contributed by atoms with van der Waals surface area (Å²) in [4.78, 5) is 11.9. The molecule has 4 N–H and O–H groups in total. The van der Waals surface area contributed by atoms with Gasteiger partial charge in [-0.2, -0.15) is 0 Å². The van der Waals surface area contributed by atoms with E-state index in [1.807, 2.05) is 25.1 Å². The quantitative estimate of drug-likeness (QED) is 0.655. The predicted molar refractivity (Wildman–Crippen MR) is 97.4 cm³/mol. The SMILES string of the molecule is Cc1cccc(CNCC(=O)NCCc2ccc(S(N)(=O)=O)cc2)c1. The maximum Gasteiger partial charge on any atom is 0.238 e. The molecule has 7 heteroatoms. The molecule has 6 nitrogen and oxygen atoms in total. The van der Waals surface area contributed by atoms with E-state index < -0.39 is 10.0 Å². The van der Waals surface area contributed by atoms with Gasteiger partial charge in [-0.05, 0) is 36.6 Å². The number of aryl methyl sites for hydroxylation is 1. The molecule has 1 amide bonds. The van der Waals surface area contributed by atoms with Gasteiger partial charge in [0.15, 0.2) is 0 Å². The van der Waals surface area contributed by atoms with Crippen LogP contribution in [0.2, 0.25) is 0 Å². The van der Waals surface area contributed by atoms with Gasteiger partial charge in [0.25, 0.3) is 0 Å². The Hall–Kier alpha value is -2.22. The van der Waals surface area contributed by atoms with Gasteiger partial charge >= 0.3 is 0 Å². The number of nitrogens with one attached hydrogen (secondary N) is 2. The molecule has 2 aromatic carbocycles. The van der Waals surface area contributed by atoms with Crippen molar-refractivity contribution in [1.29, 1.82) is 0 Å². The number of benzene rings is 2. The molecule has 0 unspecified atom stereocenters. The lowest BCUT2D eigenvalue weighted by Gasteiger charge is -2.08. The van der Waals surface area contributed by atoms with Gasteiger partial charge in [0.05, 0.1) is 11.4 Å². The van der Waals surface area contributed by atoms with Gasteiger partial charge in [0.2, 0.25) is 15.9 Å². The topological polar surface area (TPSA) is 101 Å². The van der Waals surface area contributed by atoms with E-state index in [1.165, 1.54) is 17.7 Å². The van der Waals surface area contributed by atoms with Crippen LogP contribution in [0.25, 0.3) is 0 Å². The van der Waals surface area contributed by atoms with Gasteiger partial charge in [-0.1, -0.05) is 42.0 Å². The average Bonchev–Trinajstić information content (AvgIpc) is 2.54. The van der Waals surface area contributed by atoms with Gasteiger partial charge < -0.3 is 10.6 Å². The van der Waals surface area contributed by atoms with E-state index in [4.69, 9.17) is 5.14 Å². The second kappa shape index (κ2) is 8.75. The molecule has 0 bridgehead atoms. The summed E-state index contributed by atoms with van der Waals surface area (Å²) in [5.41, 5.74) is 3.26. The molecule has 0 spiro atoms. The first-order chi connectivity index (χ1) is 11.8. The summed E-state index contributed by atoms with van der Waals surface area (Å²) in [6, 6.07) is 14.5. The van der Waals surface area contributed by atoms with E-state index in [-0.39, 0.29) is 17.3 Å². The third-order valence-electron chi connectivity index (χ3n) is 3.68. The molecule has 0 saturated carbocycles. The Balaban J connectivity index is 1.68. The van der Waals surface area contributed by atoms with Crippen molar-refractivity contribution in [2.24, 2.45) is 5.14 Å². The molecule has 0 aliphatic rings. The number of hydrogen-bond donors (Lipinski definition) is 3. The maximum absolute atomic E-state index is 11.8. The fourth-order valence-corrected chi connectivity index (χ4v) is 2.91. The number of sulfonamides is 1. The zero-order valence-corrected chi connectivity index (χ0v) is 15.0. The average molecular weight is 361 g/mol. The Morgan fingerprint density at radius 3 is 2.44 bits per heavy atom. The van der Waals surface area contributed by atoms with E-state index in [0.717, 1.165) is 11.1 Å². The van der Waals surface area contributed by atoms with E-state index in [1.54, 1.807) is 12.1 Å². The summed E-state index contributed by atoms with van der Waals surface area (Å²) in [5.74, 6) is -0.0752. The predicted octanol–water partition coefficient (Wildman–Crippen LogP) is 1.09. The van der Waals surface area contributed by atoms with Crippen molar-refractivity contribution in [3.8, 4) is 0 Å². The Kier molecular flexibility index (Phi) is 6.69. The first-order valence-electron chi connectivity index (χ1n) is 7.99. The van der Waals surface area contributed by atoms with Crippen LogP contribution in [0.1, 0.15) is 16.7 Å². The smallest absolute Gasteiger partial charge is 0.238 e. The minimum Gasteiger partial charge on any atom is -0.355 e. The Labute approximate surface area is 148 Å². The highest BCUT2D eigenvalue weighted by Crippen LogP contribution is 2.08. The van der Waals surface area contributed by atoms with Crippen LogP contribution in [0.15, 0.2) is 53.4 Å². The normalized spacial score (nSPS) is 11.3. The highest BCUT2D eigenvalue weighted by atomic mass is 32.2. The van der Waals surface area contributed by atoms with Crippen molar-refractivity contribution in [2.75, 3.05) is 13.1 Å². The van der Waals surface area contributed by atoms with Crippen LogP contribution >= 0.6 is 0 Å². The molecule has 25 heavy (non-hydrogen) atoms. The highest BCUT2D eigenvalue weighted by molar-refractivity contribution is 7.89. The molecule has 0 aliphatic heterocycles. The van der Waals surface area contributed by atoms with Crippen molar-refractivity contribution in [3.05, 3.63) is 65.2 Å². The highest BCUT2D eigenvalue weighted by Gasteiger charge is 2.07. The van der Waals surface area contributed by atoms with Crippen LogP contribution in [0.4, 0.5) is 0 Å². The van der Waals surface area contributed by atoms with Crippen LogP contribution in [-0.4, -0.2) is 27.4 Å². The van der Waals surface area contributed by atoms with Gasteiger partial charge in [-0.15, -0.1) is 0 Å². The van der Waals surface area contributed by atoms with E-state index in [2.05, 4.69) is 16.7 Å². The van der Waals surface area contributed by atoms with Crippen molar-refractivity contribution < 1.29 is 13.2 Å². The lowest BCUT2D eigenvalue weighted by atomic mass is 10.1. The number of nitrogens with two attached hydrogens (primary N) is 1. The summed E-state index contributed by atoms with van der Waals surface area (Å²) in [5, 5.41) is 11.0. The molecule has 0 aromatic heterocycles. The second-order valence-electron chi connectivity index (χ2n) is 5.88. The second-order valence-corrected chi connectivity index (χ2v) is 7.44. The maximum atomic E-state index is 11.8. The third-order valence-corrected chi connectivity index (χ3v) is 4.61. The number of hydrogen-bond acceptors (Lipinski definition) is 4. The molecule has 0 atom stereocenters. The van der Waals surface area contributed by atoms with Gasteiger partial charge in [-0.25, -0.2) is 13.6 Å². The summed E-state index contributed by atoms with van der Waals surface area (Å²) >= 11 is 0. The molecule has 2 aromatic rings. The fraction of sp³-hybridized carbons (Fsp3) is 0.278. The van der Waals surface area contributed by atoms with E-state index in [0.29, 0.717) is 19.5 Å². The summed E-state index contributed by atoms with van der Waals surface area (Å²) in [6.07, 6.45) is 0.620. The minimum atomic E-state index is -3.67. The van der Waals surface area contributed by atoms with E-state index >= 15 is 0 Å². The molecule has 0 saturated heterocycles. The van der Waals surface area contributed by atoms with Gasteiger partial charge in [0.1, 0.15) is 0 Å². The van der Waals surface area contributed by atoms with Crippen LogP contribution in [0.3, 0.4) is 0 Å². The lowest BCUT2D eigenvalue weighted by molar-refractivity contribution is -0.120. The molecular formula is C18H23N3O3S. The molecule has 0 fully saturated rings. The van der Waals surface area contributed by atoms with Crippen LogP contribution < -0.4 is 15.8 Å². The largest absolute Gasteiger partial charge is 0.355 e. The summed E-state index contributed by atoms with van der Waals surface area (Å²) in [7, 11) is -3.67. The Morgan fingerprint density at radius 2 is 1.80 bits per heavy atom. The number of carbonyl (C=O) groups is 1. The first-order valence-corrected chi connectivity index (χ1v) is 9.54. The number of carbonyl (C=O) groups excluding carboxylic acids is 1. The molecule has 0 radical (unpaired) electrons. The third kappa shape index (κ3) is 6.66.